The van der Waals surface area contributed by atoms with Gasteiger partial charge in [-0.05, 0) is 55.0 Å². The fraction of sp³-hybridized carbons (Fsp3) is 0.0435. The van der Waals surface area contributed by atoms with E-state index in [-0.39, 0.29) is 0 Å². The van der Waals surface area contributed by atoms with Gasteiger partial charge in [0, 0.05) is 17.3 Å². The van der Waals surface area contributed by atoms with E-state index in [1.807, 2.05) is 42.5 Å². The van der Waals surface area contributed by atoms with E-state index < -0.39 is 0 Å². The molecule has 1 aromatic heterocycles. The highest BCUT2D eigenvalue weighted by molar-refractivity contribution is 5.84. The van der Waals surface area contributed by atoms with Crippen molar-refractivity contribution in [1.29, 1.82) is 0 Å². The number of aromatic nitrogens is 1. The Morgan fingerprint density at radius 2 is 1.44 bits per heavy atom. The summed E-state index contributed by atoms with van der Waals surface area (Å²) < 4.78 is 8.04. The van der Waals surface area contributed by atoms with Gasteiger partial charge in [0.15, 0.2) is 0 Å². The first-order valence-corrected chi connectivity index (χ1v) is 8.37. The standard InChI is InChI=1S/C23H19NO/c1-18-17-20-7-5-6-10-23(20)24(18)16-15-19-11-13-22(14-12-19)25-21-8-3-2-4-9-21/h2-17H,1H3/b16-15-. The number of rotatable bonds is 4. The van der Waals surface area contributed by atoms with Crippen LogP contribution in [0.3, 0.4) is 0 Å². The van der Waals surface area contributed by atoms with Gasteiger partial charge < -0.3 is 9.30 Å². The van der Waals surface area contributed by atoms with Crippen molar-refractivity contribution in [3.63, 3.8) is 0 Å². The molecule has 25 heavy (non-hydrogen) atoms. The van der Waals surface area contributed by atoms with Gasteiger partial charge in [0.1, 0.15) is 11.5 Å². The molecular weight excluding hydrogens is 306 g/mol. The molecule has 0 aliphatic rings. The van der Waals surface area contributed by atoms with Crippen LogP contribution in [0.1, 0.15) is 11.3 Å². The maximum Gasteiger partial charge on any atom is 0.127 e. The van der Waals surface area contributed by atoms with Crippen LogP contribution in [0.15, 0.2) is 84.9 Å². The van der Waals surface area contributed by atoms with E-state index in [1.54, 1.807) is 0 Å². The van der Waals surface area contributed by atoms with E-state index in [0.717, 1.165) is 17.1 Å². The Balaban J connectivity index is 1.54. The van der Waals surface area contributed by atoms with Crippen LogP contribution in [0, 0.1) is 6.92 Å². The summed E-state index contributed by atoms with van der Waals surface area (Å²) in [5, 5.41) is 1.26. The zero-order valence-electron chi connectivity index (χ0n) is 14.1. The SMILES string of the molecule is Cc1cc2ccccc2n1/C=C\c1ccc(Oc2ccccc2)cc1. The number of aryl methyl sites for hydroxylation is 1. The Morgan fingerprint density at radius 1 is 0.760 bits per heavy atom. The summed E-state index contributed by atoms with van der Waals surface area (Å²) in [6, 6.07) is 28.6. The Morgan fingerprint density at radius 3 is 2.24 bits per heavy atom. The van der Waals surface area contributed by atoms with Gasteiger partial charge in [-0.15, -0.1) is 0 Å². The topological polar surface area (TPSA) is 14.2 Å². The lowest BCUT2D eigenvalue weighted by Crippen LogP contribution is -1.88. The number of hydrogen-bond acceptors (Lipinski definition) is 1. The van der Waals surface area contributed by atoms with Crippen LogP contribution in [-0.2, 0) is 0 Å². The lowest BCUT2D eigenvalue weighted by atomic mass is 10.2. The van der Waals surface area contributed by atoms with Crippen LogP contribution >= 0.6 is 0 Å². The molecule has 0 saturated heterocycles. The molecule has 122 valence electrons. The predicted octanol–water partition coefficient (Wildman–Crippen LogP) is 6.37. The summed E-state index contributed by atoms with van der Waals surface area (Å²) in [5.41, 5.74) is 3.58. The third-order valence-corrected chi connectivity index (χ3v) is 4.22. The fourth-order valence-electron chi connectivity index (χ4n) is 2.94. The molecule has 0 aliphatic heterocycles. The molecule has 4 rings (SSSR count). The minimum absolute atomic E-state index is 0.839. The number of ether oxygens (including phenoxy) is 1. The normalized spacial score (nSPS) is 11.2. The van der Waals surface area contributed by atoms with Crippen LogP contribution in [0.2, 0.25) is 0 Å². The second-order valence-corrected chi connectivity index (χ2v) is 6.01. The summed E-state index contributed by atoms with van der Waals surface area (Å²) in [6.45, 7) is 2.13. The summed E-state index contributed by atoms with van der Waals surface area (Å²) in [5.74, 6) is 1.69. The summed E-state index contributed by atoms with van der Waals surface area (Å²) in [4.78, 5) is 0. The highest BCUT2D eigenvalue weighted by Gasteiger charge is 2.02. The lowest BCUT2D eigenvalue weighted by molar-refractivity contribution is 0.482. The molecule has 0 aliphatic carbocycles. The van der Waals surface area contributed by atoms with Crippen LogP contribution in [-0.4, -0.2) is 4.57 Å². The Kier molecular flexibility index (Phi) is 4.09. The van der Waals surface area contributed by atoms with E-state index in [1.165, 1.54) is 16.6 Å². The first-order valence-electron chi connectivity index (χ1n) is 8.37. The molecule has 0 radical (unpaired) electrons. The van der Waals surface area contributed by atoms with Gasteiger partial charge in [0.2, 0.25) is 0 Å². The van der Waals surface area contributed by atoms with Crippen molar-refractivity contribution in [3.05, 3.63) is 96.2 Å². The number of nitrogens with zero attached hydrogens (tertiary/aromatic N) is 1. The molecule has 0 spiro atoms. The molecule has 3 aromatic carbocycles. The van der Waals surface area contributed by atoms with Crippen LogP contribution in [0.5, 0.6) is 11.5 Å². The zero-order valence-corrected chi connectivity index (χ0v) is 14.1. The largest absolute Gasteiger partial charge is 0.457 e. The number of hydrogen-bond donors (Lipinski definition) is 0. The van der Waals surface area contributed by atoms with Gasteiger partial charge >= 0.3 is 0 Å². The average molecular weight is 325 g/mol. The van der Waals surface area contributed by atoms with Gasteiger partial charge in [0.25, 0.3) is 0 Å². The quantitative estimate of drug-likeness (QED) is 0.425. The molecule has 2 nitrogen and oxygen atoms in total. The fourth-order valence-corrected chi connectivity index (χ4v) is 2.94. The minimum Gasteiger partial charge on any atom is -0.457 e. The summed E-state index contributed by atoms with van der Waals surface area (Å²) in [7, 11) is 0. The molecule has 1 heterocycles. The smallest absolute Gasteiger partial charge is 0.127 e. The molecule has 4 aromatic rings. The van der Waals surface area contributed by atoms with Crippen molar-refractivity contribution in [2.75, 3.05) is 0 Å². The number of benzene rings is 3. The first kappa shape index (κ1) is 15.3. The second-order valence-electron chi connectivity index (χ2n) is 6.01. The highest BCUT2D eigenvalue weighted by atomic mass is 16.5. The molecular formula is C23H19NO. The van der Waals surface area contributed by atoms with E-state index in [2.05, 4.69) is 66.2 Å². The molecule has 0 saturated carbocycles. The maximum absolute atomic E-state index is 5.83. The molecule has 0 bridgehead atoms. The van der Waals surface area contributed by atoms with Crippen molar-refractivity contribution in [3.8, 4) is 11.5 Å². The Bertz CT molecular complexity index is 1010. The number of para-hydroxylation sites is 2. The van der Waals surface area contributed by atoms with Gasteiger partial charge in [-0.2, -0.15) is 0 Å². The van der Waals surface area contributed by atoms with E-state index >= 15 is 0 Å². The average Bonchev–Trinajstić information content (AvgIpc) is 2.97. The van der Waals surface area contributed by atoms with Gasteiger partial charge in [-0.25, -0.2) is 0 Å². The first-order chi connectivity index (χ1) is 12.3. The van der Waals surface area contributed by atoms with Crippen molar-refractivity contribution < 1.29 is 4.74 Å². The molecule has 0 fully saturated rings. The van der Waals surface area contributed by atoms with E-state index in [4.69, 9.17) is 4.74 Å². The summed E-state index contributed by atoms with van der Waals surface area (Å²) in [6.07, 6.45) is 4.23. The minimum atomic E-state index is 0.839. The Labute approximate surface area is 147 Å². The predicted molar refractivity (Wildman–Crippen MR) is 105 cm³/mol. The molecule has 0 amide bonds. The highest BCUT2D eigenvalue weighted by Crippen LogP contribution is 2.23. The maximum atomic E-state index is 5.83. The van der Waals surface area contributed by atoms with Crippen LogP contribution in [0.4, 0.5) is 0 Å². The van der Waals surface area contributed by atoms with Crippen LogP contribution < -0.4 is 4.74 Å². The van der Waals surface area contributed by atoms with Crippen LogP contribution in [0.25, 0.3) is 23.2 Å². The second kappa shape index (κ2) is 6.70. The van der Waals surface area contributed by atoms with E-state index in [0.29, 0.717) is 0 Å². The van der Waals surface area contributed by atoms with Crippen molar-refractivity contribution >= 4 is 23.2 Å². The molecule has 2 heteroatoms. The summed E-state index contributed by atoms with van der Waals surface area (Å²) >= 11 is 0. The van der Waals surface area contributed by atoms with Crippen molar-refractivity contribution in [2.45, 2.75) is 6.92 Å². The third kappa shape index (κ3) is 3.33. The molecule has 0 unspecified atom stereocenters. The monoisotopic (exact) mass is 325 g/mol. The Hall–Kier alpha value is -3.26. The third-order valence-electron chi connectivity index (χ3n) is 4.22. The zero-order chi connectivity index (χ0) is 17.1. The molecule has 0 atom stereocenters. The van der Waals surface area contributed by atoms with Gasteiger partial charge in [0.05, 0.1) is 5.52 Å². The van der Waals surface area contributed by atoms with Crippen molar-refractivity contribution in [2.24, 2.45) is 0 Å². The molecule has 0 N–H and O–H groups in total. The van der Waals surface area contributed by atoms with Gasteiger partial charge in [-0.3, -0.25) is 0 Å². The number of fused-ring (bicyclic) bond motifs is 1. The lowest BCUT2D eigenvalue weighted by Gasteiger charge is -2.05. The van der Waals surface area contributed by atoms with Crippen molar-refractivity contribution in [1.82, 2.24) is 4.57 Å². The van der Waals surface area contributed by atoms with E-state index in [9.17, 15) is 0 Å². The van der Waals surface area contributed by atoms with Gasteiger partial charge in [-0.1, -0.05) is 48.5 Å².